The summed E-state index contributed by atoms with van der Waals surface area (Å²) in [6.07, 6.45) is 6.01. The average molecular weight is 460 g/mol. The van der Waals surface area contributed by atoms with E-state index in [4.69, 9.17) is 16.6 Å². The van der Waals surface area contributed by atoms with E-state index in [1.807, 2.05) is 48.2 Å². The molecule has 2 saturated heterocycles. The second-order valence-corrected chi connectivity index (χ2v) is 9.16. The zero-order valence-electron chi connectivity index (χ0n) is 18.1. The fraction of sp³-hybridized carbons (Fsp3) is 0.292. The first-order chi connectivity index (χ1) is 16.1. The van der Waals surface area contributed by atoms with Gasteiger partial charge in [0.2, 0.25) is 0 Å². The van der Waals surface area contributed by atoms with Gasteiger partial charge < -0.3 is 9.80 Å². The third kappa shape index (κ3) is 3.51. The summed E-state index contributed by atoms with van der Waals surface area (Å²) in [6.45, 7) is 4.33. The van der Waals surface area contributed by atoms with Gasteiger partial charge >= 0.3 is 0 Å². The molecule has 2 aromatic heterocycles. The number of anilines is 1. The Morgan fingerprint density at radius 2 is 1.91 bits per heavy atom. The molecule has 0 bridgehead atoms. The lowest BCUT2D eigenvalue weighted by atomic mass is 9.82. The van der Waals surface area contributed by atoms with E-state index in [0.717, 1.165) is 41.9 Å². The highest BCUT2D eigenvalue weighted by Gasteiger charge is 2.44. The molecule has 6 rings (SSSR count). The molecule has 9 heteroatoms. The lowest BCUT2D eigenvalue weighted by Gasteiger charge is -2.53. The summed E-state index contributed by atoms with van der Waals surface area (Å²) in [5.74, 6) is 1.41. The number of rotatable bonds is 3. The molecule has 2 aliphatic rings. The van der Waals surface area contributed by atoms with E-state index in [9.17, 15) is 4.79 Å². The highest BCUT2D eigenvalue weighted by molar-refractivity contribution is 6.31. The minimum Gasteiger partial charge on any atom is -0.350 e. The molecular formula is C24H22ClN7O. The Balaban J connectivity index is 1.26. The summed E-state index contributed by atoms with van der Waals surface area (Å²) in [5.41, 5.74) is 3.95. The van der Waals surface area contributed by atoms with E-state index in [1.54, 1.807) is 18.6 Å². The number of benzene rings is 2. The summed E-state index contributed by atoms with van der Waals surface area (Å²) >= 11 is 6.08. The minimum absolute atomic E-state index is 0.00976. The first-order valence-electron chi connectivity index (χ1n) is 11.0. The predicted octanol–water partition coefficient (Wildman–Crippen LogP) is 3.52. The minimum atomic E-state index is 0.00976. The van der Waals surface area contributed by atoms with Crippen LogP contribution in [0, 0.1) is 12.8 Å². The third-order valence-corrected chi connectivity index (χ3v) is 6.88. The van der Waals surface area contributed by atoms with Crippen molar-refractivity contribution in [3.8, 4) is 5.69 Å². The van der Waals surface area contributed by atoms with Crippen LogP contribution in [0.25, 0.3) is 16.7 Å². The molecule has 4 aromatic rings. The number of aromatic nitrogens is 5. The molecular weight excluding hydrogens is 438 g/mol. The molecule has 0 saturated carbocycles. The largest absolute Gasteiger partial charge is 0.350 e. The van der Waals surface area contributed by atoms with Crippen molar-refractivity contribution in [1.82, 2.24) is 29.9 Å². The summed E-state index contributed by atoms with van der Waals surface area (Å²) in [6, 6.07) is 11.6. The van der Waals surface area contributed by atoms with Crippen LogP contribution in [0.1, 0.15) is 22.3 Å². The number of hydrogen-bond acceptors (Lipinski definition) is 6. The summed E-state index contributed by atoms with van der Waals surface area (Å²) < 4.78 is 0. The number of fused-ring (bicyclic) bond motifs is 2. The maximum absolute atomic E-state index is 13.6. The van der Waals surface area contributed by atoms with Crippen LogP contribution in [-0.4, -0.2) is 61.4 Å². The molecule has 0 spiro atoms. The van der Waals surface area contributed by atoms with Gasteiger partial charge in [0.1, 0.15) is 5.82 Å². The van der Waals surface area contributed by atoms with E-state index in [0.29, 0.717) is 28.7 Å². The van der Waals surface area contributed by atoms with Gasteiger partial charge in [-0.3, -0.25) is 9.78 Å². The second-order valence-electron chi connectivity index (χ2n) is 8.72. The van der Waals surface area contributed by atoms with Crippen molar-refractivity contribution < 1.29 is 4.79 Å². The van der Waals surface area contributed by atoms with Gasteiger partial charge in [-0.2, -0.15) is 15.0 Å². The molecule has 2 atom stereocenters. The molecule has 0 aliphatic carbocycles. The van der Waals surface area contributed by atoms with Crippen molar-refractivity contribution in [2.75, 3.05) is 24.5 Å². The van der Waals surface area contributed by atoms with Crippen molar-refractivity contribution in [1.29, 1.82) is 0 Å². The number of likely N-dealkylation sites (tertiary alicyclic amines) is 1. The first kappa shape index (κ1) is 20.1. The summed E-state index contributed by atoms with van der Waals surface area (Å²) in [7, 11) is 0. The normalized spacial score (nSPS) is 19.9. The number of amides is 1. The third-order valence-electron chi connectivity index (χ3n) is 6.64. The van der Waals surface area contributed by atoms with Gasteiger partial charge in [-0.1, -0.05) is 23.2 Å². The van der Waals surface area contributed by atoms with Crippen molar-refractivity contribution >= 4 is 34.4 Å². The molecule has 2 aliphatic heterocycles. The van der Waals surface area contributed by atoms with Gasteiger partial charge in [-0.05, 0) is 43.7 Å². The molecule has 8 nitrogen and oxygen atoms in total. The zero-order valence-corrected chi connectivity index (χ0v) is 18.9. The summed E-state index contributed by atoms with van der Waals surface area (Å²) in [4.78, 5) is 28.7. The second kappa shape index (κ2) is 7.81. The van der Waals surface area contributed by atoms with Gasteiger partial charge in [0.15, 0.2) is 0 Å². The van der Waals surface area contributed by atoms with Crippen LogP contribution in [0.15, 0.2) is 55.0 Å². The Morgan fingerprint density at radius 3 is 2.76 bits per heavy atom. The quantitative estimate of drug-likeness (QED) is 0.466. The number of hydrogen-bond donors (Lipinski definition) is 0. The highest BCUT2D eigenvalue weighted by atomic mass is 35.5. The van der Waals surface area contributed by atoms with Crippen molar-refractivity contribution in [2.45, 2.75) is 19.4 Å². The van der Waals surface area contributed by atoms with Gasteiger partial charge in [-0.15, -0.1) is 0 Å². The van der Waals surface area contributed by atoms with Crippen LogP contribution in [0.5, 0.6) is 0 Å². The average Bonchev–Trinajstić information content (AvgIpc) is 3.34. The number of halogens is 1. The van der Waals surface area contributed by atoms with Crippen LogP contribution in [0.3, 0.4) is 0 Å². The van der Waals surface area contributed by atoms with Crippen LogP contribution < -0.4 is 4.90 Å². The van der Waals surface area contributed by atoms with Gasteiger partial charge in [-0.25, -0.2) is 4.98 Å². The highest BCUT2D eigenvalue weighted by Crippen LogP contribution is 2.36. The monoisotopic (exact) mass is 459 g/mol. The van der Waals surface area contributed by atoms with Crippen molar-refractivity contribution in [3.63, 3.8) is 0 Å². The summed E-state index contributed by atoms with van der Waals surface area (Å²) in [5, 5.41) is 9.10. The number of carbonyl (C=O) groups is 1. The fourth-order valence-electron chi connectivity index (χ4n) is 4.86. The maximum Gasteiger partial charge on any atom is 0.256 e. The number of aryl methyl sites for hydroxylation is 1. The molecule has 2 fully saturated rings. The van der Waals surface area contributed by atoms with Crippen LogP contribution in [0.2, 0.25) is 5.02 Å². The van der Waals surface area contributed by atoms with E-state index >= 15 is 0 Å². The topological polar surface area (TPSA) is 80.0 Å². The van der Waals surface area contributed by atoms with Crippen LogP contribution in [-0.2, 0) is 0 Å². The Bertz CT molecular complexity index is 1360. The lowest BCUT2D eigenvalue weighted by Crippen LogP contribution is -2.65. The number of nitrogens with zero attached hydrogens (tertiary/aromatic N) is 7. The Kier molecular flexibility index (Phi) is 4.76. The SMILES string of the molecule is Cc1ccc(-n2nccn2)c(C(=O)N2CC[C@@H]3CN(c4cnc5cc(Cl)ccc5n4)[C@@H]3C2)c1. The van der Waals surface area contributed by atoms with Crippen molar-refractivity contribution in [2.24, 2.45) is 5.92 Å². The lowest BCUT2D eigenvalue weighted by molar-refractivity contribution is 0.0591. The van der Waals surface area contributed by atoms with Crippen molar-refractivity contribution in [3.05, 3.63) is 71.1 Å². The Hall–Kier alpha value is -3.52. The van der Waals surface area contributed by atoms with Crippen LogP contribution >= 0.6 is 11.6 Å². The molecule has 166 valence electrons. The van der Waals surface area contributed by atoms with Gasteiger partial charge in [0.25, 0.3) is 5.91 Å². The smallest absolute Gasteiger partial charge is 0.256 e. The van der Waals surface area contributed by atoms with E-state index < -0.39 is 0 Å². The van der Waals surface area contributed by atoms with Gasteiger partial charge in [0, 0.05) is 30.6 Å². The fourth-order valence-corrected chi connectivity index (χ4v) is 5.03. The zero-order chi connectivity index (χ0) is 22.5. The molecule has 0 N–H and O–H groups in total. The molecule has 1 amide bonds. The number of piperidine rings is 1. The number of carbonyl (C=O) groups excluding carboxylic acids is 1. The molecule has 0 radical (unpaired) electrons. The Morgan fingerprint density at radius 1 is 1.06 bits per heavy atom. The first-order valence-corrected chi connectivity index (χ1v) is 11.4. The van der Waals surface area contributed by atoms with Crippen LogP contribution in [0.4, 0.5) is 5.82 Å². The standard InChI is InChI=1S/C24H22ClN7O/c1-15-2-5-21(32-27-7-8-28-32)18(10-15)24(33)30-9-6-16-13-31(22(16)14-30)23-12-26-20-11-17(25)3-4-19(20)29-23/h2-5,7-8,10-12,16,22H,6,9,13-14H2,1H3/t16-,22-/m1/s1. The molecule has 4 heterocycles. The maximum atomic E-state index is 13.6. The predicted molar refractivity (Wildman–Crippen MR) is 126 cm³/mol. The van der Waals surface area contributed by atoms with E-state index in [2.05, 4.69) is 20.1 Å². The van der Waals surface area contributed by atoms with Gasteiger partial charge in [0.05, 0.1) is 46.9 Å². The molecule has 0 unspecified atom stereocenters. The van der Waals surface area contributed by atoms with E-state index in [-0.39, 0.29) is 11.9 Å². The molecule has 33 heavy (non-hydrogen) atoms. The molecule has 2 aromatic carbocycles. The Labute approximate surface area is 195 Å². The van der Waals surface area contributed by atoms with E-state index in [1.165, 1.54) is 4.80 Å².